The summed E-state index contributed by atoms with van der Waals surface area (Å²) in [6.07, 6.45) is 4.66. The molecule has 0 amide bonds. The van der Waals surface area contributed by atoms with Crippen molar-refractivity contribution in [2.45, 2.75) is 31.2 Å². The van der Waals surface area contributed by atoms with Crippen molar-refractivity contribution in [2.75, 3.05) is 0 Å². The van der Waals surface area contributed by atoms with Gasteiger partial charge in [0.05, 0.1) is 0 Å². The van der Waals surface area contributed by atoms with Crippen molar-refractivity contribution < 1.29 is 0 Å². The van der Waals surface area contributed by atoms with Crippen molar-refractivity contribution in [1.29, 1.82) is 0 Å². The molecule has 14 heavy (non-hydrogen) atoms. The summed E-state index contributed by atoms with van der Waals surface area (Å²) in [5.41, 5.74) is 7.38. The van der Waals surface area contributed by atoms with Crippen molar-refractivity contribution in [3.63, 3.8) is 0 Å². The van der Waals surface area contributed by atoms with Gasteiger partial charge in [-0.2, -0.15) is 0 Å². The number of benzene rings is 1. The van der Waals surface area contributed by atoms with E-state index in [0.717, 1.165) is 17.9 Å². The van der Waals surface area contributed by atoms with Crippen LogP contribution in [0.25, 0.3) is 0 Å². The van der Waals surface area contributed by atoms with Gasteiger partial charge < -0.3 is 5.73 Å². The maximum atomic E-state index is 6.29. The Balaban J connectivity index is 0.000000980. The van der Waals surface area contributed by atoms with Gasteiger partial charge in [0.25, 0.3) is 0 Å². The molecule has 0 saturated heterocycles. The summed E-state index contributed by atoms with van der Waals surface area (Å²) in [7, 11) is 0. The van der Waals surface area contributed by atoms with Crippen LogP contribution in [0.1, 0.15) is 31.2 Å². The normalized spacial score (nSPS) is 19.0. The molecule has 0 bridgehead atoms. The Labute approximate surface area is 96.0 Å². The smallest absolute Gasteiger partial charge is 0.0410 e. The molecule has 1 fully saturated rings. The van der Waals surface area contributed by atoms with E-state index in [4.69, 9.17) is 17.3 Å². The minimum Gasteiger partial charge on any atom is -0.321 e. The van der Waals surface area contributed by atoms with Crippen LogP contribution < -0.4 is 5.73 Å². The third-order valence-corrected chi connectivity index (χ3v) is 3.13. The summed E-state index contributed by atoms with van der Waals surface area (Å²) in [5.74, 6) is 0. The fourth-order valence-electron chi connectivity index (χ4n) is 2.09. The van der Waals surface area contributed by atoms with E-state index < -0.39 is 0 Å². The molecule has 3 heteroatoms. The standard InChI is InChI=1S/C11H14ClN.ClH/c12-10-5-3-4-9(8-10)11(13)6-1-2-7-11;/h3-5,8H,1-2,6-7,13H2;1H. The summed E-state index contributed by atoms with van der Waals surface area (Å²) in [5, 5.41) is 0.786. The van der Waals surface area contributed by atoms with Crippen LogP contribution in [-0.2, 0) is 5.54 Å². The largest absolute Gasteiger partial charge is 0.321 e. The Bertz CT molecular complexity index is 306. The molecule has 0 heterocycles. The quantitative estimate of drug-likeness (QED) is 0.787. The lowest BCUT2D eigenvalue weighted by atomic mass is 9.90. The van der Waals surface area contributed by atoms with Gasteiger partial charge in [-0.1, -0.05) is 36.6 Å². The van der Waals surface area contributed by atoms with E-state index in [2.05, 4.69) is 6.07 Å². The lowest BCUT2D eigenvalue weighted by Gasteiger charge is -2.24. The predicted octanol–water partition coefficient (Wildman–Crippen LogP) is 3.49. The Morgan fingerprint density at radius 1 is 1.21 bits per heavy atom. The highest BCUT2D eigenvalue weighted by Crippen LogP contribution is 2.36. The summed E-state index contributed by atoms with van der Waals surface area (Å²) in [6.45, 7) is 0. The molecule has 0 spiro atoms. The molecule has 2 rings (SSSR count). The highest BCUT2D eigenvalue weighted by Gasteiger charge is 2.30. The monoisotopic (exact) mass is 231 g/mol. The Kier molecular flexibility index (Phi) is 3.82. The van der Waals surface area contributed by atoms with E-state index in [9.17, 15) is 0 Å². The van der Waals surface area contributed by atoms with E-state index in [-0.39, 0.29) is 17.9 Å². The average molecular weight is 232 g/mol. The average Bonchev–Trinajstić information content (AvgIpc) is 2.54. The molecule has 1 aromatic rings. The van der Waals surface area contributed by atoms with Crippen LogP contribution in [0.2, 0.25) is 5.02 Å². The zero-order chi connectivity index (χ0) is 9.31. The first-order chi connectivity index (χ1) is 6.21. The predicted molar refractivity (Wildman–Crippen MR) is 63.0 cm³/mol. The maximum Gasteiger partial charge on any atom is 0.0410 e. The van der Waals surface area contributed by atoms with Gasteiger partial charge in [-0.15, -0.1) is 12.4 Å². The van der Waals surface area contributed by atoms with Crippen molar-refractivity contribution >= 4 is 24.0 Å². The summed E-state index contributed by atoms with van der Waals surface area (Å²) < 4.78 is 0. The second-order valence-electron chi connectivity index (χ2n) is 3.87. The number of nitrogens with two attached hydrogens (primary N) is 1. The minimum absolute atomic E-state index is 0. The van der Waals surface area contributed by atoms with Crippen molar-refractivity contribution in [3.8, 4) is 0 Å². The fourth-order valence-corrected chi connectivity index (χ4v) is 2.28. The third kappa shape index (κ3) is 2.22. The number of halogens is 2. The van der Waals surface area contributed by atoms with Gasteiger partial charge in [0.2, 0.25) is 0 Å². The number of hydrogen-bond donors (Lipinski definition) is 1. The van der Waals surface area contributed by atoms with Crippen LogP contribution in [0.4, 0.5) is 0 Å². The molecule has 0 radical (unpaired) electrons. The molecule has 1 nitrogen and oxygen atoms in total. The molecule has 0 atom stereocenters. The highest BCUT2D eigenvalue weighted by atomic mass is 35.5. The van der Waals surface area contributed by atoms with Crippen LogP contribution in [0.5, 0.6) is 0 Å². The third-order valence-electron chi connectivity index (χ3n) is 2.90. The zero-order valence-corrected chi connectivity index (χ0v) is 9.57. The zero-order valence-electron chi connectivity index (χ0n) is 8.00. The molecule has 1 aliphatic rings. The van der Waals surface area contributed by atoms with Gasteiger partial charge in [-0.3, -0.25) is 0 Å². The molecule has 2 N–H and O–H groups in total. The molecule has 0 aromatic heterocycles. The summed E-state index contributed by atoms with van der Waals surface area (Å²) in [4.78, 5) is 0. The first-order valence-corrected chi connectivity index (χ1v) is 5.13. The van der Waals surface area contributed by atoms with Gasteiger partial charge in [0.1, 0.15) is 0 Å². The van der Waals surface area contributed by atoms with Crippen LogP contribution in [0.3, 0.4) is 0 Å². The Morgan fingerprint density at radius 3 is 2.43 bits per heavy atom. The van der Waals surface area contributed by atoms with E-state index in [0.29, 0.717) is 0 Å². The van der Waals surface area contributed by atoms with Gasteiger partial charge >= 0.3 is 0 Å². The van der Waals surface area contributed by atoms with Crippen LogP contribution in [0, 0.1) is 0 Å². The van der Waals surface area contributed by atoms with E-state index >= 15 is 0 Å². The molecule has 1 saturated carbocycles. The summed E-state index contributed by atoms with van der Waals surface area (Å²) >= 11 is 5.93. The maximum absolute atomic E-state index is 6.29. The van der Waals surface area contributed by atoms with Crippen molar-refractivity contribution in [3.05, 3.63) is 34.9 Å². The van der Waals surface area contributed by atoms with E-state index in [1.54, 1.807) is 0 Å². The molecule has 1 aromatic carbocycles. The van der Waals surface area contributed by atoms with E-state index in [1.807, 2.05) is 18.2 Å². The van der Waals surface area contributed by atoms with Gasteiger partial charge in [0, 0.05) is 10.6 Å². The molecular formula is C11H15Cl2N. The second kappa shape index (κ2) is 4.52. The lowest BCUT2D eigenvalue weighted by Crippen LogP contribution is -2.32. The van der Waals surface area contributed by atoms with Gasteiger partial charge in [-0.25, -0.2) is 0 Å². The number of rotatable bonds is 1. The van der Waals surface area contributed by atoms with Crippen molar-refractivity contribution in [1.82, 2.24) is 0 Å². The fraction of sp³-hybridized carbons (Fsp3) is 0.455. The van der Waals surface area contributed by atoms with Gasteiger partial charge in [0.15, 0.2) is 0 Å². The topological polar surface area (TPSA) is 26.0 Å². The highest BCUT2D eigenvalue weighted by molar-refractivity contribution is 6.30. The molecule has 78 valence electrons. The minimum atomic E-state index is -0.106. The first-order valence-electron chi connectivity index (χ1n) is 4.76. The van der Waals surface area contributed by atoms with Crippen LogP contribution in [-0.4, -0.2) is 0 Å². The molecule has 1 aliphatic carbocycles. The molecule has 0 unspecified atom stereocenters. The second-order valence-corrected chi connectivity index (χ2v) is 4.31. The first kappa shape index (κ1) is 11.8. The van der Waals surface area contributed by atoms with Crippen LogP contribution >= 0.6 is 24.0 Å². The van der Waals surface area contributed by atoms with Gasteiger partial charge in [-0.05, 0) is 30.5 Å². The molecular weight excluding hydrogens is 217 g/mol. The SMILES string of the molecule is Cl.NC1(c2cccc(Cl)c2)CCCC1. The van der Waals surface area contributed by atoms with E-state index in [1.165, 1.54) is 18.4 Å². The lowest BCUT2D eigenvalue weighted by molar-refractivity contribution is 0.462. The Hall–Kier alpha value is -0.240. The Morgan fingerprint density at radius 2 is 1.86 bits per heavy atom. The summed E-state index contributed by atoms with van der Waals surface area (Å²) in [6, 6.07) is 7.94. The van der Waals surface area contributed by atoms with Crippen molar-refractivity contribution in [2.24, 2.45) is 5.73 Å². The number of hydrogen-bond acceptors (Lipinski definition) is 1. The van der Waals surface area contributed by atoms with Crippen LogP contribution in [0.15, 0.2) is 24.3 Å². The molecule has 0 aliphatic heterocycles.